The first-order valence-corrected chi connectivity index (χ1v) is 11.7. The van der Waals surface area contributed by atoms with Crippen molar-refractivity contribution in [2.75, 3.05) is 39.3 Å². The van der Waals surface area contributed by atoms with Crippen LogP contribution in [-0.2, 0) is 14.8 Å². The first kappa shape index (κ1) is 26.0. The molecular weight excluding hydrogens is 409 g/mol. The molecule has 1 aliphatic heterocycles. The second-order valence-electron chi connectivity index (χ2n) is 7.47. The van der Waals surface area contributed by atoms with E-state index in [0.717, 1.165) is 6.42 Å². The van der Waals surface area contributed by atoms with Crippen LogP contribution in [0.15, 0.2) is 4.99 Å². The van der Waals surface area contributed by atoms with Gasteiger partial charge in [-0.3, -0.25) is 4.99 Å². The Bertz CT molecular complexity index is 604. The van der Waals surface area contributed by atoms with Crippen LogP contribution in [0, 0.1) is 11.8 Å². The fraction of sp³-hybridized carbons (Fsp3) is 0.944. The molecule has 0 aliphatic carbocycles. The molecule has 0 bridgehead atoms. The third-order valence-electron chi connectivity index (χ3n) is 4.90. The zero-order chi connectivity index (χ0) is 22.1. The topological polar surface area (TPSA) is 83.0 Å². The number of sulfonamides is 1. The standard InChI is InChI=1S/C18H35F3N4O3S/c1-5-22-17(23-10-7-16(14(3)4)28-6-2)24-13-15-8-11-25(12-9-15)29(26,27)18(19,20)21/h14-16H,5-13H2,1-4H3,(H2,22,23,24). The Morgan fingerprint density at radius 1 is 1.21 bits per heavy atom. The molecule has 1 saturated heterocycles. The van der Waals surface area contributed by atoms with E-state index in [-0.39, 0.29) is 25.1 Å². The zero-order valence-electron chi connectivity index (χ0n) is 17.8. The fourth-order valence-corrected chi connectivity index (χ4v) is 4.18. The second kappa shape index (κ2) is 11.9. The first-order valence-electron chi connectivity index (χ1n) is 10.2. The molecule has 1 heterocycles. The number of guanidine groups is 1. The third-order valence-corrected chi connectivity index (χ3v) is 6.53. The van der Waals surface area contributed by atoms with Gasteiger partial charge in [0.1, 0.15) is 0 Å². The van der Waals surface area contributed by atoms with Gasteiger partial charge in [0.25, 0.3) is 0 Å². The summed E-state index contributed by atoms with van der Waals surface area (Å²) < 4.78 is 67.2. The number of ether oxygens (including phenoxy) is 1. The molecule has 1 rings (SSSR count). The van der Waals surface area contributed by atoms with Crippen LogP contribution in [0.3, 0.4) is 0 Å². The highest BCUT2D eigenvalue weighted by atomic mass is 32.2. The molecule has 0 amide bonds. The molecule has 7 nitrogen and oxygen atoms in total. The maximum Gasteiger partial charge on any atom is 0.511 e. The molecule has 0 aromatic heterocycles. The average Bonchev–Trinajstić information content (AvgIpc) is 2.64. The van der Waals surface area contributed by atoms with Crippen molar-refractivity contribution in [2.24, 2.45) is 16.8 Å². The molecule has 29 heavy (non-hydrogen) atoms. The van der Waals surface area contributed by atoms with Crippen LogP contribution in [0.1, 0.15) is 47.0 Å². The Hall–Kier alpha value is -1.07. The van der Waals surface area contributed by atoms with Crippen LogP contribution < -0.4 is 10.6 Å². The lowest BCUT2D eigenvalue weighted by atomic mass is 9.98. The van der Waals surface area contributed by atoms with Crippen molar-refractivity contribution in [3.8, 4) is 0 Å². The molecule has 0 saturated carbocycles. The van der Waals surface area contributed by atoms with Crippen molar-refractivity contribution in [1.82, 2.24) is 14.9 Å². The van der Waals surface area contributed by atoms with E-state index in [2.05, 4.69) is 29.5 Å². The van der Waals surface area contributed by atoms with Crippen molar-refractivity contribution < 1.29 is 26.3 Å². The van der Waals surface area contributed by atoms with Crippen LogP contribution in [0.5, 0.6) is 0 Å². The summed E-state index contributed by atoms with van der Waals surface area (Å²) in [4.78, 5) is 4.52. The summed E-state index contributed by atoms with van der Waals surface area (Å²) in [7, 11) is -5.23. The van der Waals surface area contributed by atoms with Crippen LogP contribution in [0.25, 0.3) is 0 Å². The molecular formula is C18H35F3N4O3S. The maximum atomic E-state index is 12.7. The number of alkyl halides is 3. The van der Waals surface area contributed by atoms with Gasteiger partial charge in [-0.25, -0.2) is 8.42 Å². The largest absolute Gasteiger partial charge is 0.511 e. The minimum absolute atomic E-state index is 0.0528. The lowest BCUT2D eigenvalue weighted by molar-refractivity contribution is -0.0496. The third kappa shape index (κ3) is 8.29. The molecule has 1 fully saturated rings. The normalized spacial score (nSPS) is 18.8. The highest BCUT2D eigenvalue weighted by Crippen LogP contribution is 2.30. The summed E-state index contributed by atoms with van der Waals surface area (Å²) in [5.41, 5.74) is -5.24. The number of piperidine rings is 1. The Balaban J connectivity index is 2.52. The smallest absolute Gasteiger partial charge is 0.378 e. The van der Waals surface area contributed by atoms with E-state index >= 15 is 0 Å². The average molecular weight is 445 g/mol. The number of rotatable bonds is 10. The molecule has 1 atom stereocenters. The quantitative estimate of drug-likeness (QED) is 0.400. The van der Waals surface area contributed by atoms with Gasteiger partial charge in [-0.15, -0.1) is 0 Å². The number of aliphatic imine (C=N–C) groups is 1. The van der Waals surface area contributed by atoms with Crippen LogP contribution in [0.2, 0.25) is 0 Å². The summed E-state index contributed by atoms with van der Waals surface area (Å²) in [6.07, 6.45) is 1.72. The Kier molecular flexibility index (Phi) is 10.7. The summed E-state index contributed by atoms with van der Waals surface area (Å²) in [6.45, 7) is 10.4. The molecule has 172 valence electrons. The van der Waals surface area contributed by atoms with E-state index in [1.54, 1.807) is 0 Å². The van der Waals surface area contributed by atoms with Crippen LogP contribution in [0.4, 0.5) is 13.2 Å². The fourth-order valence-electron chi connectivity index (χ4n) is 3.20. The van der Waals surface area contributed by atoms with Gasteiger partial charge in [0, 0.05) is 39.3 Å². The van der Waals surface area contributed by atoms with Gasteiger partial charge in [0.15, 0.2) is 5.96 Å². The van der Waals surface area contributed by atoms with E-state index < -0.39 is 15.5 Å². The van der Waals surface area contributed by atoms with Gasteiger partial charge in [0.05, 0.1) is 6.10 Å². The van der Waals surface area contributed by atoms with Crippen molar-refractivity contribution in [2.45, 2.75) is 58.6 Å². The van der Waals surface area contributed by atoms with Gasteiger partial charge in [-0.05, 0) is 44.9 Å². The minimum Gasteiger partial charge on any atom is -0.378 e. The molecule has 0 aromatic carbocycles. The van der Waals surface area contributed by atoms with Crippen molar-refractivity contribution in [3.63, 3.8) is 0 Å². The van der Waals surface area contributed by atoms with E-state index in [4.69, 9.17) is 4.74 Å². The number of nitrogens with zero attached hydrogens (tertiary/aromatic N) is 2. The van der Waals surface area contributed by atoms with Crippen molar-refractivity contribution >= 4 is 16.0 Å². The summed E-state index contributed by atoms with van der Waals surface area (Å²) in [5, 5.41) is 6.41. The molecule has 0 radical (unpaired) electrons. The predicted molar refractivity (Wildman–Crippen MR) is 108 cm³/mol. The Morgan fingerprint density at radius 3 is 2.31 bits per heavy atom. The minimum atomic E-state index is -5.24. The maximum absolute atomic E-state index is 12.7. The van der Waals surface area contributed by atoms with Gasteiger partial charge in [-0.2, -0.15) is 17.5 Å². The van der Waals surface area contributed by atoms with E-state index in [9.17, 15) is 21.6 Å². The van der Waals surface area contributed by atoms with E-state index in [1.165, 1.54) is 0 Å². The zero-order valence-corrected chi connectivity index (χ0v) is 18.6. The molecule has 1 unspecified atom stereocenters. The van der Waals surface area contributed by atoms with E-state index in [0.29, 0.717) is 55.3 Å². The molecule has 0 aromatic rings. The summed E-state index contributed by atoms with van der Waals surface area (Å²) >= 11 is 0. The van der Waals surface area contributed by atoms with Gasteiger partial charge >= 0.3 is 15.5 Å². The monoisotopic (exact) mass is 444 g/mol. The van der Waals surface area contributed by atoms with Crippen LogP contribution >= 0.6 is 0 Å². The van der Waals surface area contributed by atoms with Gasteiger partial charge in [0.2, 0.25) is 0 Å². The number of hydrogen-bond donors (Lipinski definition) is 2. The Morgan fingerprint density at radius 2 is 1.83 bits per heavy atom. The lowest BCUT2D eigenvalue weighted by Gasteiger charge is -2.31. The first-order chi connectivity index (χ1) is 13.5. The summed E-state index contributed by atoms with van der Waals surface area (Å²) in [5.74, 6) is 1.11. The lowest BCUT2D eigenvalue weighted by Crippen LogP contribution is -2.45. The highest BCUT2D eigenvalue weighted by molar-refractivity contribution is 7.90. The Labute approximate surface area is 172 Å². The summed E-state index contributed by atoms with van der Waals surface area (Å²) in [6, 6.07) is 0. The van der Waals surface area contributed by atoms with Crippen LogP contribution in [-0.4, -0.2) is 69.6 Å². The molecule has 1 aliphatic rings. The molecule has 2 N–H and O–H groups in total. The number of halogens is 3. The number of nitrogens with one attached hydrogen (secondary N) is 2. The SMILES string of the molecule is CCNC(=NCC1CCN(S(=O)(=O)C(F)(F)F)CC1)NCCC(OCC)C(C)C. The van der Waals surface area contributed by atoms with E-state index in [1.807, 2.05) is 13.8 Å². The van der Waals surface area contributed by atoms with Crippen molar-refractivity contribution in [3.05, 3.63) is 0 Å². The second-order valence-corrected chi connectivity index (χ2v) is 9.40. The van der Waals surface area contributed by atoms with Gasteiger partial charge < -0.3 is 15.4 Å². The highest BCUT2D eigenvalue weighted by Gasteiger charge is 2.50. The predicted octanol–water partition coefficient (Wildman–Crippen LogP) is 2.55. The van der Waals surface area contributed by atoms with Gasteiger partial charge in [-0.1, -0.05) is 13.8 Å². The number of hydrogen-bond acceptors (Lipinski definition) is 4. The van der Waals surface area contributed by atoms with Crippen molar-refractivity contribution in [1.29, 1.82) is 0 Å². The molecule has 0 spiro atoms. The molecule has 11 heteroatoms.